The number of aromatic nitrogens is 1. The average Bonchev–Trinajstić information content (AvgIpc) is 2.44. The predicted molar refractivity (Wildman–Crippen MR) is 80.3 cm³/mol. The van der Waals surface area contributed by atoms with Crippen molar-refractivity contribution in [2.45, 2.75) is 26.1 Å². The highest BCUT2D eigenvalue weighted by atomic mass is 79.9. The topological polar surface area (TPSA) is 28.2 Å². The highest BCUT2D eigenvalue weighted by Gasteiger charge is 2.35. The summed E-state index contributed by atoms with van der Waals surface area (Å²) in [6, 6.07) is 1.95. The minimum absolute atomic E-state index is 0.00188. The van der Waals surface area contributed by atoms with Gasteiger partial charge in [-0.1, -0.05) is 13.0 Å². The summed E-state index contributed by atoms with van der Waals surface area (Å²) in [6.45, 7) is 4.04. The van der Waals surface area contributed by atoms with Crippen LogP contribution < -0.4 is 10.2 Å². The third-order valence-electron chi connectivity index (χ3n) is 3.35. The van der Waals surface area contributed by atoms with Gasteiger partial charge in [0.15, 0.2) is 0 Å². The highest BCUT2D eigenvalue weighted by molar-refractivity contribution is 9.10. The second-order valence-corrected chi connectivity index (χ2v) is 5.76. The molecule has 0 amide bonds. The lowest BCUT2D eigenvalue weighted by molar-refractivity contribution is -0.0944. The van der Waals surface area contributed by atoms with Crippen LogP contribution in [0.4, 0.5) is 19.0 Å². The van der Waals surface area contributed by atoms with E-state index in [0.29, 0.717) is 13.1 Å². The molecule has 1 aromatic heterocycles. The Hall–Kier alpha value is -1.08. The Morgan fingerprint density at radius 3 is 2.76 bits per heavy atom. The Morgan fingerprint density at radius 2 is 2.19 bits per heavy atom. The molecule has 2 heterocycles. The van der Waals surface area contributed by atoms with Crippen molar-refractivity contribution in [1.29, 1.82) is 0 Å². The fraction of sp³-hybridized carbons (Fsp3) is 0.500. The number of alkyl halides is 3. The molecule has 1 aliphatic heterocycles. The van der Waals surface area contributed by atoms with Crippen molar-refractivity contribution in [3.8, 4) is 0 Å². The molecule has 7 heteroatoms. The first-order chi connectivity index (χ1) is 9.91. The van der Waals surface area contributed by atoms with Gasteiger partial charge in [0.1, 0.15) is 5.82 Å². The van der Waals surface area contributed by atoms with E-state index in [1.54, 1.807) is 6.20 Å². The second kappa shape index (κ2) is 6.79. The molecular formula is C14H17BrF3N3. The Morgan fingerprint density at radius 1 is 1.43 bits per heavy atom. The minimum atomic E-state index is -4.22. The smallest absolute Gasteiger partial charge is 0.352 e. The van der Waals surface area contributed by atoms with E-state index in [0.717, 1.165) is 22.4 Å². The first-order valence-corrected chi connectivity index (χ1v) is 7.57. The zero-order valence-corrected chi connectivity index (χ0v) is 13.3. The zero-order valence-electron chi connectivity index (χ0n) is 11.7. The first kappa shape index (κ1) is 16.3. The Kier molecular flexibility index (Phi) is 5.27. The van der Waals surface area contributed by atoms with Crippen LogP contribution in [0.25, 0.3) is 0 Å². The largest absolute Gasteiger partial charge is 0.412 e. The fourth-order valence-corrected chi connectivity index (χ4v) is 2.65. The molecule has 0 atom stereocenters. The number of halogens is 4. The molecule has 0 spiro atoms. The maximum atomic E-state index is 12.7. The van der Waals surface area contributed by atoms with E-state index in [2.05, 4.69) is 26.2 Å². The normalized spacial score (nSPS) is 16.0. The van der Waals surface area contributed by atoms with E-state index in [1.165, 1.54) is 6.08 Å². The molecule has 0 bridgehead atoms. The minimum Gasteiger partial charge on any atom is -0.352 e. The summed E-state index contributed by atoms with van der Waals surface area (Å²) in [5, 5.41) is 3.22. The molecule has 0 saturated carbocycles. The summed E-state index contributed by atoms with van der Waals surface area (Å²) in [5.41, 5.74) is 0.541. The van der Waals surface area contributed by atoms with Crippen molar-refractivity contribution < 1.29 is 13.2 Å². The first-order valence-electron chi connectivity index (χ1n) is 6.78. The fourth-order valence-electron chi connectivity index (χ4n) is 2.27. The number of hydrogen-bond donors (Lipinski definition) is 1. The van der Waals surface area contributed by atoms with Gasteiger partial charge in [-0.05, 0) is 35.0 Å². The van der Waals surface area contributed by atoms with E-state index >= 15 is 0 Å². The SMILES string of the molecule is CCNCc1cc(Br)cnc1N1CC=C(C(F)(F)F)CC1. The van der Waals surface area contributed by atoms with Crippen LogP contribution in [0.1, 0.15) is 18.9 Å². The molecule has 21 heavy (non-hydrogen) atoms. The molecule has 1 N–H and O–H groups in total. The van der Waals surface area contributed by atoms with Gasteiger partial charge in [0, 0.05) is 41.4 Å². The molecule has 1 aromatic rings. The van der Waals surface area contributed by atoms with Crippen LogP contribution in [0.15, 0.2) is 28.4 Å². The number of rotatable bonds is 4. The molecule has 0 saturated heterocycles. The average molecular weight is 364 g/mol. The van der Waals surface area contributed by atoms with Crippen molar-refractivity contribution >= 4 is 21.7 Å². The number of pyridine rings is 1. The van der Waals surface area contributed by atoms with Crippen molar-refractivity contribution in [1.82, 2.24) is 10.3 Å². The molecule has 0 fully saturated rings. The number of nitrogens with zero attached hydrogens (tertiary/aromatic N) is 2. The summed E-state index contributed by atoms with van der Waals surface area (Å²) in [5.74, 6) is 0.747. The van der Waals surface area contributed by atoms with Crippen LogP contribution in [0, 0.1) is 0 Å². The Labute approximate surface area is 130 Å². The van der Waals surface area contributed by atoms with Crippen LogP contribution >= 0.6 is 15.9 Å². The van der Waals surface area contributed by atoms with Gasteiger partial charge in [-0.15, -0.1) is 0 Å². The molecule has 0 radical (unpaired) electrons. The maximum Gasteiger partial charge on any atom is 0.412 e. The standard InChI is InChI=1S/C14H17BrF3N3/c1-2-19-8-10-7-12(15)9-20-13(10)21-5-3-11(4-6-21)14(16,17)18/h3,7,9,19H,2,4-6,8H2,1H3. The molecular weight excluding hydrogens is 347 g/mol. The van der Waals surface area contributed by atoms with E-state index < -0.39 is 11.7 Å². The zero-order chi connectivity index (χ0) is 15.5. The Balaban J connectivity index is 2.18. The van der Waals surface area contributed by atoms with Crippen LogP contribution in [-0.4, -0.2) is 30.8 Å². The van der Waals surface area contributed by atoms with E-state index in [1.807, 2.05) is 17.9 Å². The lowest BCUT2D eigenvalue weighted by Gasteiger charge is -2.29. The van der Waals surface area contributed by atoms with E-state index in [-0.39, 0.29) is 13.0 Å². The number of anilines is 1. The summed E-state index contributed by atoms with van der Waals surface area (Å²) in [4.78, 5) is 6.25. The maximum absolute atomic E-state index is 12.7. The van der Waals surface area contributed by atoms with Crippen LogP contribution in [0.3, 0.4) is 0 Å². The Bertz CT molecular complexity index is 529. The van der Waals surface area contributed by atoms with Crippen molar-refractivity contribution in [2.24, 2.45) is 0 Å². The molecule has 116 valence electrons. The van der Waals surface area contributed by atoms with Crippen molar-refractivity contribution in [3.63, 3.8) is 0 Å². The third kappa shape index (κ3) is 4.20. The number of nitrogens with one attached hydrogen (secondary N) is 1. The van der Waals surface area contributed by atoms with Crippen LogP contribution in [-0.2, 0) is 6.54 Å². The quantitative estimate of drug-likeness (QED) is 0.827. The van der Waals surface area contributed by atoms with Crippen molar-refractivity contribution in [3.05, 3.63) is 33.9 Å². The highest BCUT2D eigenvalue weighted by Crippen LogP contribution is 2.32. The lowest BCUT2D eigenvalue weighted by atomic mass is 10.1. The molecule has 0 aromatic carbocycles. The molecule has 0 aliphatic carbocycles. The summed E-state index contributed by atoms with van der Waals surface area (Å²) in [7, 11) is 0. The molecule has 0 unspecified atom stereocenters. The van der Waals surface area contributed by atoms with E-state index in [4.69, 9.17) is 0 Å². The lowest BCUT2D eigenvalue weighted by Crippen LogP contribution is -2.33. The van der Waals surface area contributed by atoms with Gasteiger partial charge in [0.2, 0.25) is 0 Å². The van der Waals surface area contributed by atoms with E-state index in [9.17, 15) is 13.2 Å². The molecule has 1 aliphatic rings. The second-order valence-electron chi connectivity index (χ2n) is 4.84. The summed E-state index contributed by atoms with van der Waals surface area (Å²) < 4.78 is 38.8. The van der Waals surface area contributed by atoms with Crippen LogP contribution in [0.5, 0.6) is 0 Å². The van der Waals surface area contributed by atoms with Gasteiger partial charge in [-0.2, -0.15) is 13.2 Å². The summed E-state index contributed by atoms with van der Waals surface area (Å²) in [6.07, 6.45) is -1.29. The molecule has 3 nitrogen and oxygen atoms in total. The van der Waals surface area contributed by atoms with Crippen LogP contribution in [0.2, 0.25) is 0 Å². The van der Waals surface area contributed by atoms with Crippen molar-refractivity contribution in [2.75, 3.05) is 24.5 Å². The summed E-state index contributed by atoms with van der Waals surface area (Å²) >= 11 is 3.38. The van der Waals surface area contributed by atoms with Gasteiger partial charge >= 0.3 is 6.18 Å². The van der Waals surface area contributed by atoms with Gasteiger partial charge in [-0.3, -0.25) is 0 Å². The third-order valence-corrected chi connectivity index (χ3v) is 3.78. The van der Waals surface area contributed by atoms with Gasteiger partial charge in [0.05, 0.1) is 0 Å². The van der Waals surface area contributed by atoms with Gasteiger partial charge < -0.3 is 10.2 Å². The molecule has 2 rings (SSSR count). The van der Waals surface area contributed by atoms with Gasteiger partial charge in [-0.25, -0.2) is 4.98 Å². The number of hydrogen-bond acceptors (Lipinski definition) is 3. The monoisotopic (exact) mass is 363 g/mol. The predicted octanol–water partition coefficient (Wildman–Crippen LogP) is 3.65. The van der Waals surface area contributed by atoms with Gasteiger partial charge in [0.25, 0.3) is 0 Å².